The van der Waals surface area contributed by atoms with E-state index in [9.17, 15) is 14.7 Å². The van der Waals surface area contributed by atoms with Gasteiger partial charge in [0.1, 0.15) is 5.00 Å². The van der Waals surface area contributed by atoms with Crippen LogP contribution in [0.1, 0.15) is 54.4 Å². The van der Waals surface area contributed by atoms with Crippen molar-refractivity contribution in [3.05, 3.63) is 16.0 Å². The monoisotopic (exact) mass is 312 g/mol. The van der Waals surface area contributed by atoms with Gasteiger partial charge in [-0.1, -0.05) is 26.7 Å². The van der Waals surface area contributed by atoms with Crippen molar-refractivity contribution in [1.29, 1.82) is 0 Å². The van der Waals surface area contributed by atoms with Gasteiger partial charge in [-0.05, 0) is 32.3 Å². The molecule has 0 aliphatic carbocycles. The summed E-state index contributed by atoms with van der Waals surface area (Å²) in [5.41, 5.74) is 0.888. The average molecular weight is 312 g/mol. The fourth-order valence-electron chi connectivity index (χ4n) is 2.43. The number of anilines is 1. The number of nitrogens with one attached hydrogen (secondary N) is 2. The Morgan fingerprint density at radius 2 is 1.81 bits per heavy atom. The minimum atomic E-state index is -1.01. The highest BCUT2D eigenvalue weighted by Crippen LogP contribution is 2.32. The Bertz CT molecular complexity index is 521. The van der Waals surface area contributed by atoms with Crippen LogP contribution in [0.5, 0.6) is 0 Å². The lowest BCUT2D eigenvalue weighted by atomic mass is 9.96. The third kappa shape index (κ3) is 4.20. The summed E-state index contributed by atoms with van der Waals surface area (Å²) in [5, 5.41) is 15.2. The molecule has 0 radical (unpaired) electrons. The van der Waals surface area contributed by atoms with Crippen LogP contribution in [0.15, 0.2) is 0 Å². The summed E-state index contributed by atoms with van der Waals surface area (Å²) < 4.78 is 0. The van der Waals surface area contributed by atoms with Crippen LogP contribution in [0.3, 0.4) is 0 Å². The molecule has 0 saturated heterocycles. The molecular weight excluding hydrogens is 288 g/mol. The summed E-state index contributed by atoms with van der Waals surface area (Å²) >= 11 is 1.29. The number of carbonyl (C=O) groups is 2. The number of hydrogen-bond acceptors (Lipinski definition) is 3. The molecule has 1 heterocycles. The van der Waals surface area contributed by atoms with E-state index in [1.54, 1.807) is 6.92 Å². The molecule has 0 aromatic carbocycles. The maximum Gasteiger partial charge on any atom is 0.338 e. The highest BCUT2D eigenvalue weighted by molar-refractivity contribution is 7.16. The number of thiophene rings is 1. The number of hydrogen-bond donors (Lipinski definition) is 3. The third-order valence-electron chi connectivity index (χ3n) is 3.94. The summed E-state index contributed by atoms with van der Waals surface area (Å²) in [6.45, 7) is 9.77. The summed E-state index contributed by atoms with van der Waals surface area (Å²) in [6, 6.07) is -0.298. The van der Waals surface area contributed by atoms with Gasteiger partial charge in [0.05, 0.1) is 5.56 Å². The lowest BCUT2D eigenvalue weighted by Crippen LogP contribution is -2.40. The zero-order valence-electron chi connectivity index (χ0n) is 13.2. The Kier molecular flexibility index (Phi) is 6.20. The predicted molar refractivity (Wildman–Crippen MR) is 86.4 cm³/mol. The van der Waals surface area contributed by atoms with Crippen molar-refractivity contribution in [2.75, 3.05) is 5.32 Å². The second kappa shape index (κ2) is 7.45. The van der Waals surface area contributed by atoms with Gasteiger partial charge in [-0.3, -0.25) is 5.32 Å². The molecule has 21 heavy (non-hydrogen) atoms. The van der Waals surface area contributed by atoms with Gasteiger partial charge in [0.15, 0.2) is 0 Å². The van der Waals surface area contributed by atoms with Crippen LogP contribution in [0.25, 0.3) is 0 Å². The van der Waals surface area contributed by atoms with Crippen molar-refractivity contribution in [1.82, 2.24) is 5.32 Å². The van der Waals surface area contributed by atoms with E-state index < -0.39 is 5.97 Å². The van der Waals surface area contributed by atoms with Crippen LogP contribution in [-0.4, -0.2) is 23.1 Å². The number of carboxylic acid groups (broad SMARTS) is 1. The van der Waals surface area contributed by atoms with Gasteiger partial charge < -0.3 is 10.4 Å². The third-order valence-corrected chi connectivity index (χ3v) is 5.06. The number of urea groups is 1. The number of carbonyl (C=O) groups excluding carboxylic acids is 1. The molecule has 1 atom stereocenters. The fourth-order valence-corrected chi connectivity index (χ4v) is 3.48. The van der Waals surface area contributed by atoms with Gasteiger partial charge in [0.2, 0.25) is 0 Å². The minimum absolute atomic E-state index is 0.0513. The topological polar surface area (TPSA) is 78.4 Å². The Balaban J connectivity index is 2.80. The van der Waals surface area contributed by atoms with Crippen molar-refractivity contribution in [3.8, 4) is 0 Å². The largest absolute Gasteiger partial charge is 0.478 e. The molecule has 1 rings (SSSR count). The van der Waals surface area contributed by atoms with E-state index in [1.165, 1.54) is 11.3 Å². The van der Waals surface area contributed by atoms with Crippen molar-refractivity contribution in [2.45, 2.75) is 53.5 Å². The van der Waals surface area contributed by atoms with Gasteiger partial charge in [0, 0.05) is 10.9 Å². The molecule has 3 N–H and O–H groups in total. The molecule has 0 fully saturated rings. The Morgan fingerprint density at radius 1 is 1.24 bits per heavy atom. The molecule has 5 nitrogen and oxygen atoms in total. The van der Waals surface area contributed by atoms with Crippen molar-refractivity contribution < 1.29 is 14.7 Å². The van der Waals surface area contributed by atoms with E-state index in [2.05, 4.69) is 24.5 Å². The van der Waals surface area contributed by atoms with E-state index in [1.807, 2.05) is 13.8 Å². The van der Waals surface area contributed by atoms with Gasteiger partial charge in [-0.15, -0.1) is 11.3 Å². The van der Waals surface area contributed by atoms with Crippen molar-refractivity contribution in [3.63, 3.8) is 0 Å². The molecule has 1 unspecified atom stereocenters. The standard InChI is InChI=1S/C15H24N2O3S/c1-6-11(7-2)9(4)16-15(20)17-13-12(14(18)19)8(3)10(5)21-13/h9,11H,6-7H2,1-5H3,(H,18,19)(H2,16,17,20). The van der Waals surface area contributed by atoms with E-state index in [0.29, 0.717) is 16.5 Å². The average Bonchev–Trinajstić information content (AvgIpc) is 2.65. The zero-order chi connectivity index (χ0) is 16.2. The number of amides is 2. The van der Waals surface area contributed by atoms with Gasteiger partial charge in [-0.2, -0.15) is 0 Å². The van der Waals surface area contributed by atoms with Gasteiger partial charge in [-0.25, -0.2) is 9.59 Å². The molecule has 0 bridgehead atoms. The van der Waals surface area contributed by atoms with Crippen molar-refractivity contribution >= 4 is 28.3 Å². The number of carboxylic acids is 1. The number of aryl methyl sites for hydroxylation is 1. The molecular formula is C15H24N2O3S. The van der Waals surface area contributed by atoms with Crippen LogP contribution in [0, 0.1) is 19.8 Å². The molecule has 1 aromatic rings. The van der Waals surface area contributed by atoms with Crippen LogP contribution in [0.4, 0.5) is 9.80 Å². The van der Waals surface area contributed by atoms with E-state index in [0.717, 1.165) is 17.7 Å². The van der Waals surface area contributed by atoms with Crippen LogP contribution in [-0.2, 0) is 0 Å². The minimum Gasteiger partial charge on any atom is -0.478 e. The Labute approximate surface area is 129 Å². The fraction of sp³-hybridized carbons (Fsp3) is 0.600. The predicted octanol–water partition coefficient (Wildman–Crippen LogP) is 4.01. The normalized spacial score (nSPS) is 12.3. The van der Waals surface area contributed by atoms with E-state index in [-0.39, 0.29) is 17.6 Å². The zero-order valence-corrected chi connectivity index (χ0v) is 14.1. The highest BCUT2D eigenvalue weighted by atomic mass is 32.1. The first-order valence-corrected chi connectivity index (χ1v) is 8.04. The first-order chi connectivity index (χ1) is 9.81. The maximum absolute atomic E-state index is 12.0. The maximum atomic E-state index is 12.0. The second-order valence-corrected chi connectivity index (χ2v) is 6.48. The molecule has 1 aromatic heterocycles. The molecule has 0 aliphatic heterocycles. The summed E-state index contributed by atoms with van der Waals surface area (Å²) in [7, 11) is 0. The smallest absolute Gasteiger partial charge is 0.338 e. The highest BCUT2D eigenvalue weighted by Gasteiger charge is 2.21. The molecule has 6 heteroatoms. The quantitative estimate of drug-likeness (QED) is 0.742. The van der Waals surface area contributed by atoms with Gasteiger partial charge >= 0.3 is 12.0 Å². The van der Waals surface area contributed by atoms with Crippen LogP contribution < -0.4 is 10.6 Å². The molecule has 0 aliphatic rings. The lowest BCUT2D eigenvalue weighted by molar-refractivity contribution is 0.0697. The van der Waals surface area contributed by atoms with Crippen LogP contribution >= 0.6 is 11.3 Å². The Hall–Kier alpha value is -1.56. The van der Waals surface area contributed by atoms with E-state index in [4.69, 9.17) is 0 Å². The number of aromatic carboxylic acids is 1. The summed E-state index contributed by atoms with van der Waals surface area (Å²) in [6.07, 6.45) is 1.99. The van der Waals surface area contributed by atoms with Crippen molar-refractivity contribution in [2.24, 2.45) is 5.92 Å². The lowest BCUT2D eigenvalue weighted by Gasteiger charge is -2.22. The second-order valence-electron chi connectivity index (χ2n) is 5.26. The van der Waals surface area contributed by atoms with Crippen LogP contribution in [0.2, 0.25) is 0 Å². The summed E-state index contributed by atoms with van der Waals surface area (Å²) in [5.74, 6) is -0.596. The molecule has 0 saturated carbocycles. The van der Waals surface area contributed by atoms with Gasteiger partial charge in [0.25, 0.3) is 0 Å². The first-order valence-electron chi connectivity index (χ1n) is 7.22. The molecule has 118 valence electrons. The molecule has 2 amide bonds. The number of rotatable bonds is 6. The first kappa shape index (κ1) is 17.5. The Morgan fingerprint density at radius 3 is 2.29 bits per heavy atom. The SMILES string of the molecule is CCC(CC)C(C)NC(=O)Nc1sc(C)c(C)c1C(=O)O. The summed E-state index contributed by atoms with van der Waals surface area (Å²) in [4.78, 5) is 24.2. The van der Waals surface area contributed by atoms with E-state index >= 15 is 0 Å². The molecule has 0 spiro atoms.